The zero-order valence-corrected chi connectivity index (χ0v) is 14.5. The highest BCUT2D eigenvalue weighted by atomic mass is 32.2. The SMILES string of the molecule is O=C(Nc1nccs1)c1ccc(CSc2ncnc3nc[nH]c23)cc1. The molecule has 0 aliphatic carbocycles. The van der Waals surface area contributed by atoms with Gasteiger partial charge in [0.25, 0.3) is 5.91 Å². The van der Waals surface area contributed by atoms with E-state index in [1.165, 1.54) is 17.7 Å². The highest BCUT2D eigenvalue weighted by molar-refractivity contribution is 7.98. The molecule has 0 radical (unpaired) electrons. The minimum atomic E-state index is -0.163. The van der Waals surface area contributed by atoms with Crippen LogP contribution in [0.4, 0.5) is 5.13 Å². The molecule has 124 valence electrons. The number of imidazole rings is 1. The lowest BCUT2D eigenvalue weighted by Crippen LogP contribution is -2.11. The lowest BCUT2D eigenvalue weighted by atomic mass is 10.1. The Hall–Kier alpha value is -2.78. The standard InChI is InChI=1S/C16H12N6OS2/c23-14(22-16-17-5-6-24-16)11-3-1-10(2-4-11)7-25-15-12-13(19-8-18-12)20-9-21-15/h1-6,8-9H,7H2,(H,17,22,23)(H,18,19,20,21). The largest absolute Gasteiger partial charge is 0.341 e. The summed E-state index contributed by atoms with van der Waals surface area (Å²) in [5.41, 5.74) is 3.20. The molecule has 0 unspecified atom stereocenters. The molecule has 0 bridgehead atoms. The maximum atomic E-state index is 12.1. The smallest absolute Gasteiger partial charge is 0.257 e. The summed E-state index contributed by atoms with van der Waals surface area (Å²) in [6.07, 6.45) is 4.78. The highest BCUT2D eigenvalue weighted by Gasteiger charge is 2.09. The Bertz CT molecular complexity index is 997. The first-order chi connectivity index (χ1) is 12.3. The van der Waals surface area contributed by atoms with Crippen LogP contribution in [-0.2, 0) is 5.75 Å². The van der Waals surface area contributed by atoms with Crippen LogP contribution in [0.25, 0.3) is 11.2 Å². The maximum absolute atomic E-state index is 12.1. The number of nitrogens with zero attached hydrogens (tertiary/aromatic N) is 4. The summed E-state index contributed by atoms with van der Waals surface area (Å²) in [5.74, 6) is 0.573. The van der Waals surface area contributed by atoms with Crippen molar-refractivity contribution in [3.8, 4) is 0 Å². The van der Waals surface area contributed by atoms with Crippen LogP contribution >= 0.6 is 23.1 Å². The zero-order valence-electron chi connectivity index (χ0n) is 12.8. The van der Waals surface area contributed by atoms with Gasteiger partial charge in [-0.1, -0.05) is 23.9 Å². The molecule has 0 aliphatic heterocycles. The number of thiazole rings is 1. The second-order valence-electron chi connectivity index (χ2n) is 5.06. The number of hydrogen-bond donors (Lipinski definition) is 2. The summed E-state index contributed by atoms with van der Waals surface area (Å²) in [6, 6.07) is 7.50. The first kappa shape index (κ1) is 15.7. The average Bonchev–Trinajstić information content (AvgIpc) is 3.32. The summed E-state index contributed by atoms with van der Waals surface area (Å²) in [5, 5.41) is 6.04. The molecule has 0 fully saturated rings. The topological polar surface area (TPSA) is 96.5 Å². The van der Waals surface area contributed by atoms with Crippen LogP contribution < -0.4 is 5.32 Å². The van der Waals surface area contributed by atoms with Crippen molar-refractivity contribution in [2.24, 2.45) is 0 Å². The number of nitrogens with one attached hydrogen (secondary N) is 2. The van der Waals surface area contributed by atoms with E-state index in [1.807, 2.05) is 29.6 Å². The van der Waals surface area contributed by atoms with Gasteiger partial charge >= 0.3 is 0 Å². The Kier molecular flexibility index (Phi) is 4.40. The van der Waals surface area contributed by atoms with Gasteiger partial charge < -0.3 is 4.98 Å². The van der Waals surface area contributed by atoms with Crippen molar-refractivity contribution in [2.75, 3.05) is 5.32 Å². The molecule has 1 amide bonds. The number of amides is 1. The van der Waals surface area contributed by atoms with E-state index in [4.69, 9.17) is 0 Å². The fourth-order valence-corrected chi connectivity index (χ4v) is 3.65. The Labute approximate surface area is 151 Å². The van der Waals surface area contributed by atoms with Gasteiger partial charge in [0.2, 0.25) is 0 Å². The lowest BCUT2D eigenvalue weighted by Gasteiger charge is -2.05. The molecule has 0 saturated carbocycles. The van der Waals surface area contributed by atoms with Crippen molar-refractivity contribution in [1.29, 1.82) is 0 Å². The van der Waals surface area contributed by atoms with Crippen molar-refractivity contribution in [3.63, 3.8) is 0 Å². The van der Waals surface area contributed by atoms with Crippen LogP contribution in [0.2, 0.25) is 0 Å². The van der Waals surface area contributed by atoms with E-state index >= 15 is 0 Å². The molecule has 4 aromatic rings. The molecule has 0 aliphatic rings. The number of benzene rings is 1. The van der Waals surface area contributed by atoms with E-state index in [0.29, 0.717) is 16.3 Å². The summed E-state index contributed by atoms with van der Waals surface area (Å²) in [6.45, 7) is 0. The Morgan fingerprint density at radius 1 is 1.16 bits per heavy atom. The molecule has 25 heavy (non-hydrogen) atoms. The Morgan fingerprint density at radius 2 is 2.04 bits per heavy atom. The van der Waals surface area contributed by atoms with Crippen molar-refractivity contribution in [3.05, 3.63) is 59.6 Å². The summed E-state index contributed by atoms with van der Waals surface area (Å²) in [7, 11) is 0. The number of fused-ring (bicyclic) bond motifs is 1. The van der Waals surface area contributed by atoms with Gasteiger partial charge in [-0.25, -0.2) is 19.9 Å². The highest BCUT2D eigenvalue weighted by Crippen LogP contribution is 2.25. The number of carbonyl (C=O) groups is 1. The van der Waals surface area contributed by atoms with Gasteiger partial charge in [0, 0.05) is 22.9 Å². The maximum Gasteiger partial charge on any atom is 0.257 e. The first-order valence-corrected chi connectivity index (χ1v) is 9.23. The number of aromatic amines is 1. The van der Waals surface area contributed by atoms with Gasteiger partial charge in [0.15, 0.2) is 10.8 Å². The minimum Gasteiger partial charge on any atom is -0.341 e. The van der Waals surface area contributed by atoms with Crippen molar-refractivity contribution < 1.29 is 4.79 Å². The fraction of sp³-hybridized carbons (Fsp3) is 0.0625. The van der Waals surface area contributed by atoms with Crippen molar-refractivity contribution >= 4 is 45.3 Å². The number of carbonyl (C=O) groups excluding carboxylic acids is 1. The number of H-pyrrole nitrogens is 1. The minimum absolute atomic E-state index is 0.163. The molecule has 4 rings (SSSR count). The second-order valence-corrected chi connectivity index (χ2v) is 6.92. The molecule has 2 N–H and O–H groups in total. The quantitative estimate of drug-likeness (QED) is 0.414. The van der Waals surface area contributed by atoms with Gasteiger partial charge in [-0.2, -0.15) is 0 Å². The summed E-state index contributed by atoms with van der Waals surface area (Å²) >= 11 is 2.98. The van der Waals surface area contributed by atoms with Crippen LogP contribution in [0.5, 0.6) is 0 Å². The van der Waals surface area contributed by atoms with Gasteiger partial charge in [0.05, 0.1) is 6.33 Å². The number of rotatable bonds is 5. The third kappa shape index (κ3) is 3.52. The van der Waals surface area contributed by atoms with E-state index in [1.54, 1.807) is 24.3 Å². The molecule has 0 spiro atoms. The Balaban J connectivity index is 1.42. The predicted octanol–water partition coefficient (Wildman–Crippen LogP) is 3.35. The second kappa shape index (κ2) is 6.99. The van der Waals surface area contributed by atoms with Crippen molar-refractivity contribution in [1.82, 2.24) is 24.9 Å². The number of hydrogen-bond acceptors (Lipinski definition) is 7. The molecular weight excluding hydrogens is 356 g/mol. The predicted molar refractivity (Wildman–Crippen MR) is 97.8 cm³/mol. The van der Waals surface area contributed by atoms with E-state index in [-0.39, 0.29) is 5.91 Å². The monoisotopic (exact) mass is 368 g/mol. The molecular formula is C16H12N6OS2. The fourth-order valence-electron chi connectivity index (χ4n) is 2.21. The van der Waals surface area contributed by atoms with Crippen LogP contribution in [0, 0.1) is 0 Å². The van der Waals surface area contributed by atoms with E-state index in [9.17, 15) is 4.79 Å². The van der Waals surface area contributed by atoms with E-state index in [2.05, 4.69) is 30.2 Å². The van der Waals surface area contributed by atoms with E-state index in [0.717, 1.165) is 21.9 Å². The molecule has 9 heteroatoms. The van der Waals surface area contributed by atoms with Gasteiger partial charge in [0.1, 0.15) is 16.9 Å². The molecule has 7 nitrogen and oxygen atoms in total. The Morgan fingerprint density at radius 3 is 2.84 bits per heavy atom. The van der Waals surface area contributed by atoms with Crippen molar-refractivity contribution in [2.45, 2.75) is 10.8 Å². The molecule has 3 heterocycles. The third-order valence-corrected chi connectivity index (χ3v) is 5.18. The summed E-state index contributed by atoms with van der Waals surface area (Å²) < 4.78 is 0. The van der Waals surface area contributed by atoms with Crippen LogP contribution in [0.3, 0.4) is 0 Å². The molecule has 0 atom stereocenters. The number of anilines is 1. The molecule has 0 saturated heterocycles. The number of thioether (sulfide) groups is 1. The van der Waals surface area contributed by atoms with Crippen LogP contribution in [0.1, 0.15) is 15.9 Å². The normalized spacial score (nSPS) is 10.9. The van der Waals surface area contributed by atoms with Gasteiger partial charge in [-0.15, -0.1) is 11.3 Å². The number of aromatic nitrogens is 5. The van der Waals surface area contributed by atoms with Crippen LogP contribution in [-0.4, -0.2) is 30.8 Å². The molecule has 3 aromatic heterocycles. The van der Waals surface area contributed by atoms with Gasteiger partial charge in [-0.05, 0) is 17.7 Å². The zero-order chi connectivity index (χ0) is 17.1. The summed E-state index contributed by atoms with van der Waals surface area (Å²) in [4.78, 5) is 31.8. The lowest BCUT2D eigenvalue weighted by molar-refractivity contribution is 0.102. The average molecular weight is 368 g/mol. The third-order valence-electron chi connectivity index (χ3n) is 3.43. The van der Waals surface area contributed by atoms with E-state index < -0.39 is 0 Å². The molecule has 1 aromatic carbocycles. The van der Waals surface area contributed by atoms with Gasteiger partial charge in [-0.3, -0.25) is 10.1 Å². The first-order valence-electron chi connectivity index (χ1n) is 7.36. The van der Waals surface area contributed by atoms with Crippen LogP contribution in [0.15, 0.2) is 53.5 Å².